The number of carbonyl (C=O) groups excluding carboxylic acids is 1. The first kappa shape index (κ1) is 30.8. The quantitative estimate of drug-likeness (QED) is 0.256. The van der Waals surface area contributed by atoms with Gasteiger partial charge in [0, 0.05) is 50.0 Å². The molecule has 0 spiro atoms. The van der Waals surface area contributed by atoms with E-state index in [4.69, 9.17) is 21.5 Å². The molecule has 5 atom stereocenters. The number of nitrogens with one attached hydrogen (secondary N) is 1. The Kier molecular flexibility index (Phi) is 11.1. The van der Waals surface area contributed by atoms with Crippen molar-refractivity contribution in [1.29, 1.82) is 5.26 Å². The van der Waals surface area contributed by atoms with E-state index in [0.29, 0.717) is 29.8 Å². The van der Waals surface area contributed by atoms with E-state index >= 15 is 0 Å². The number of hydrogen-bond donors (Lipinski definition) is 3. The van der Waals surface area contributed by atoms with E-state index in [1.54, 1.807) is 12.1 Å². The summed E-state index contributed by atoms with van der Waals surface area (Å²) in [5.74, 6) is -0.437. The van der Waals surface area contributed by atoms with Gasteiger partial charge in [0.1, 0.15) is 30.2 Å². The molecule has 1 radical (unpaired) electrons. The molecule has 1 saturated heterocycles. The molecule has 39 heavy (non-hydrogen) atoms. The number of imidazole rings is 1. The minimum atomic E-state index is -1.26. The van der Waals surface area contributed by atoms with Gasteiger partial charge in [-0.3, -0.25) is 14.3 Å². The van der Waals surface area contributed by atoms with Gasteiger partial charge in [-0.1, -0.05) is 24.3 Å². The SMILES string of the molecule is COC(=O)C([NH-])CCN(C/C=C/c1ccc(C#N)cc1)C[C@H]1O[C@@H](n2cnc3c(N)ncnc32)[C@H](O)[C@@H]1O.[Tm]. The van der Waals surface area contributed by atoms with Crippen molar-refractivity contribution in [2.75, 3.05) is 32.5 Å². The average molecular weight is 690 g/mol. The molecule has 0 amide bonds. The molecule has 3 heterocycles. The number of esters is 1. The van der Waals surface area contributed by atoms with Crippen molar-refractivity contribution in [3.05, 3.63) is 59.9 Å². The van der Waals surface area contributed by atoms with Crippen LogP contribution >= 0.6 is 0 Å². The molecule has 1 aromatic carbocycles. The summed E-state index contributed by atoms with van der Waals surface area (Å²) in [5, 5.41) is 30.6. The molecule has 2 aromatic heterocycles. The predicted molar refractivity (Wildman–Crippen MR) is 137 cm³/mol. The summed E-state index contributed by atoms with van der Waals surface area (Å²) in [5.41, 5.74) is 16.1. The summed E-state index contributed by atoms with van der Waals surface area (Å²) in [6.07, 6.45) is 2.49. The van der Waals surface area contributed by atoms with Crippen LogP contribution in [0.2, 0.25) is 0 Å². The van der Waals surface area contributed by atoms with Gasteiger partial charge >= 0.3 is 0 Å². The number of aromatic nitrogens is 4. The van der Waals surface area contributed by atoms with Crippen molar-refractivity contribution in [3.63, 3.8) is 0 Å². The Morgan fingerprint density at radius 2 is 2.05 bits per heavy atom. The van der Waals surface area contributed by atoms with Crippen LogP contribution in [0.3, 0.4) is 0 Å². The minimum absolute atomic E-state index is 0. The Morgan fingerprint density at radius 3 is 2.74 bits per heavy atom. The molecule has 13 nitrogen and oxygen atoms in total. The van der Waals surface area contributed by atoms with E-state index in [-0.39, 0.29) is 55.7 Å². The third-order valence-electron chi connectivity index (χ3n) is 6.37. The number of nitriles is 1. The summed E-state index contributed by atoms with van der Waals surface area (Å²) in [6, 6.07) is 8.12. The predicted octanol–water partition coefficient (Wildman–Crippen LogP) is 0.899. The van der Waals surface area contributed by atoms with Crippen molar-refractivity contribution >= 4 is 29.0 Å². The maximum absolute atomic E-state index is 11.7. The molecule has 14 heteroatoms. The van der Waals surface area contributed by atoms with Crippen LogP contribution < -0.4 is 5.73 Å². The average Bonchev–Trinajstić information content (AvgIpc) is 3.48. The zero-order valence-corrected chi connectivity index (χ0v) is 22.8. The van der Waals surface area contributed by atoms with Crippen LogP contribution in [0.15, 0.2) is 43.0 Å². The van der Waals surface area contributed by atoms with Crippen LogP contribution in [0.25, 0.3) is 23.0 Å². The largest absolute Gasteiger partial charge is 0.665 e. The second-order valence-corrected chi connectivity index (χ2v) is 8.89. The Bertz CT molecular complexity index is 1330. The van der Waals surface area contributed by atoms with Gasteiger partial charge in [0.15, 0.2) is 17.7 Å². The normalized spacial score (nSPS) is 21.6. The minimum Gasteiger partial charge on any atom is -0.665 e. The van der Waals surface area contributed by atoms with Gasteiger partial charge in [-0.05, 0) is 36.7 Å². The number of fused-ring (bicyclic) bond motifs is 1. The first-order chi connectivity index (χ1) is 18.3. The number of methoxy groups -OCH3 is 1. The Labute approximate surface area is 254 Å². The molecular formula is C25H29N8O5Tm-. The second-order valence-electron chi connectivity index (χ2n) is 8.89. The van der Waals surface area contributed by atoms with E-state index in [2.05, 4.69) is 25.8 Å². The number of rotatable bonds is 10. The monoisotopic (exact) mass is 690 g/mol. The second kappa shape index (κ2) is 14.1. The van der Waals surface area contributed by atoms with Crippen molar-refractivity contribution in [1.82, 2.24) is 24.4 Å². The number of nitrogens with two attached hydrogens (primary N) is 1. The molecule has 5 N–H and O–H groups in total. The standard InChI is InChI=1S/C25H29N8O5.Tm/c1-37-25(36)17(27)8-10-32(9-2-3-15-4-6-16(11-26)7-5-15)12-18-20(34)21(35)24(38-18)33-14-31-19-22(28)29-13-30-23(19)33;/h2-7,13-14,17-18,20-21,24,27,34-35H,8-10,12H2,1H3,(H2,28,29,30);/q-1;/b3-2+;/t17?,18-,20-,21-,24-;/m1./s1. The first-order valence-electron chi connectivity index (χ1n) is 11.9. The van der Waals surface area contributed by atoms with E-state index in [1.165, 1.54) is 24.3 Å². The Hall–Kier alpha value is -2.70. The zero-order valence-electron chi connectivity index (χ0n) is 21.0. The Morgan fingerprint density at radius 1 is 1.31 bits per heavy atom. The fourth-order valence-electron chi connectivity index (χ4n) is 4.26. The number of benzene rings is 1. The van der Waals surface area contributed by atoms with Crippen LogP contribution in [0.5, 0.6) is 0 Å². The number of aliphatic hydroxyl groups is 2. The van der Waals surface area contributed by atoms with Gasteiger partial charge in [0.25, 0.3) is 5.97 Å². The smallest absolute Gasteiger partial charge is 0.287 e. The van der Waals surface area contributed by atoms with Gasteiger partial charge in [-0.25, -0.2) is 15.0 Å². The van der Waals surface area contributed by atoms with Crippen molar-refractivity contribution < 1.29 is 61.4 Å². The summed E-state index contributed by atoms with van der Waals surface area (Å²) in [7, 11) is 1.24. The van der Waals surface area contributed by atoms with Crippen LogP contribution in [-0.4, -0.2) is 91.7 Å². The van der Waals surface area contributed by atoms with E-state index in [0.717, 1.165) is 5.56 Å². The molecule has 4 rings (SSSR count). The summed E-state index contributed by atoms with van der Waals surface area (Å²) in [6.45, 7) is 0.967. The van der Waals surface area contributed by atoms with Gasteiger partial charge in [0.05, 0.1) is 25.1 Å². The number of nitrogen functional groups attached to an aromatic ring is 1. The third-order valence-corrected chi connectivity index (χ3v) is 6.37. The molecule has 0 saturated carbocycles. The zero-order chi connectivity index (χ0) is 27.2. The van der Waals surface area contributed by atoms with Crippen LogP contribution in [0.4, 0.5) is 5.82 Å². The molecule has 1 aliphatic heterocycles. The van der Waals surface area contributed by atoms with Gasteiger partial charge in [-0.15, -0.1) is 0 Å². The van der Waals surface area contributed by atoms with E-state index in [9.17, 15) is 15.0 Å². The molecule has 0 aliphatic carbocycles. The third kappa shape index (κ3) is 7.29. The maximum atomic E-state index is 11.7. The fourth-order valence-corrected chi connectivity index (χ4v) is 4.26. The summed E-state index contributed by atoms with van der Waals surface area (Å²) < 4.78 is 12.2. The van der Waals surface area contributed by atoms with E-state index < -0.39 is 36.6 Å². The number of carbonyl (C=O) groups is 1. The summed E-state index contributed by atoms with van der Waals surface area (Å²) in [4.78, 5) is 25.9. The molecule has 1 fully saturated rings. The molecule has 1 unspecified atom stereocenters. The number of nitrogens with zero attached hydrogens (tertiary/aromatic N) is 6. The molecule has 1 aliphatic rings. The van der Waals surface area contributed by atoms with Crippen molar-refractivity contribution in [2.24, 2.45) is 0 Å². The van der Waals surface area contributed by atoms with Crippen molar-refractivity contribution in [2.45, 2.75) is 37.0 Å². The van der Waals surface area contributed by atoms with Gasteiger partial charge in [-0.2, -0.15) is 5.26 Å². The topological polar surface area (TPSA) is 196 Å². The molecule has 213 valence electrons. The summed E-state index contributed by atoms with van der Waals surface area (Å²) >= 11 is 0. The Balaban J connectivity index is 0.00000420. The fraction of sp³-hybridized carbons (Fsp3) is 0.400. The van der Waals surface area contributed by atoms with E-state index in [1.807, 2.05) is 29.2 Å². The van der Waals surface area contributed by atoms with Crippen molar-refractivity contribution in [3.8, 4) is 6.07 Å². The number of hydrogen-bond acceptors (Lipinski definition) is 11. The first-order valence-corrected chi connectivity index (χ1v) is 11.9. The van der Waals surface area contributed by atoms with Gasteiger partial charge in [0.2, 0.25) is 0 Å². The van der Waals surface area contributed by atoms with Crippen LogP contribution in [0, 0.1) is 48.2 Å². The molecular weight excluding hydrogens is 661 g/mol. The number of anilines is 1. The maximum Gasteiger partial charge on any atom is 0.287 e. The molecule has 0 bridgehead atoms. The number of ether oxygens (including phenoxy) is 2. The van der Waals surface area contributed by atoms with Crippen LogP contribution in [-0.2, 0) is 14.3 Å². The number of aliphatic hydroxyl groups excluding tert-OH is 2. The molecule has 3 aromatic rings. The van der Waals surface area contributed by atoms with Gasteiger partial charge < -0.3 is 31.2 Å². The van der Waals surface area contributed by atoms with Crippen LogP contribution in [0.1, 0.15) is 23.8 Å².